The first kappa shape index (κ1) is 17.2. The maximum atomic E-state index is 12.7. The second-order valence-corrected chi connectivity index (χ2v) is 9.27. The van der Waals surface area contributed by atoms with E-state index < -0.39 is 9.84 Å². The molecule has 0 radical (unpaired) electrons. The zero-order valence-electron chi connectivity index (χ0n) is 14.3. The Hall–Kier alpha value is -1.63. The predicted molar refractivity (Wildman–Crippen MR) is 94.0 cm³/mol. The fraction of sp³-hybridized carbons (Fsp3) is 0.647. The number of pyridine rings is 1. The zero-order valence-corrected chi connectivity index (χ0v) is 15.1. The molecule has 7 heteroatoms. The van der Waals surface area contributed by atoms with Crippen molar-refractivity contribution in [3.05, 3.63) is 24.0 Å². The first-order valence-electron chi connectivity index (χ1n) is 8.54. The van der Waals surface area contributed by atoms with Crippen LogP contribution < -0.4 is 4.90 Å². The quantitative estimate of drug-likeness (QED) is 0.827. The highest BCUT2D eigenvalue weighted by molar-refractivity contribution is 7.91. The molecule has 2 fully saturated rings. The molecular weight excluding hydrogens is 326 g/mol. The molecule has 0 saturated carbocycles. The van der Waals surface area contributed by atoms with Gasteiger partial charge in [0.05, 0.1) is 11.5 Å². The molecule has 0 N–H and O–H groups in total. The van der Waals surface area contributed by atoms with Gasteiger partial charge in [-0.1, -0.05) is 6.92 Å². The lowest BCUT2D eigenvalue weighted by molar-refractivity contribution is 0.0742. The van der Waals surface area contributed by atoms with Crippen LogP contribution in [0.15, 0.2) is 18.3 Å². The highest BCUT2D eigenvalue weighted by Crippen LogP contribution is 2.24. The van der Waals surface area contributed by atoms with E-state index in [4.69, 9.17) is 0 Å². The van der Waals surface area contributed by atoms with Crippen molar-refractivity contribution in [1.82, 2.24) is 9.88 Å². The van der Waals surface area contributed by atoms with Gasteiger partial charge in [0.25, 0.3) is 5.91 Å². The molecule has 2 aliphatic rings. The fourth-order valence-electron chi connectivity index (χ4n) is 3.43. The van der Waals surface area contributed by atoms with E-state index in [2.05, 4.69) is 16.8 Å². The summed E-state index contributed by atoms with van der Waals surface area (Å²) in [7, 11) is -1.34. The first-order chi connectivity index (χ1) is 11.4. The van der Waals surface area contributed by atoms with Crippen LogP contribution in [0.5, 0.6) is 0 Å². The monoisotopic (exact) mass is 351 g/mol. The van der Waals surface area contributed by atoms with Gasteiger partial charge in [-0.05, 0) is 37.3 Å². The molecule has 0 bridgehead atoms. The van der Waals surface area contributed by atoms with Gasteiger partial charge < -0.3 is 9.80 Å². The van der Waals surface area contributed by atoms with Gasteiger partial charge in [0.15, 0.2) is 9.84 Å². The molecular formula is C17H25N3O3S. The Morgan fingerprint density at radius 1 is 1.29 bits per heavy atom. The highest BCUT2D eigenvalue weighted by Gasteiger charge is 2.33. The van der Waals surface area contributed by atoms with Crippen molar-refractivity contribution in [3.8, 4) is 0 Å². The predicted octanol–water partition coefficient (Wildman–Crippen LogP) is 1.58. The lowest BCUT2D eigenvalue weighted by Crippen LogP contribution is -2.38. The first-order valence-corrected chi connectivity index (χ1v) is 10.4. The molecule has 24 heavy (non-hydrogen) atoms. The van der Waals surface area contributed by atoms with E-state index in [1.54, 1.807) is 13.2 Å². The number of anilines is 1. The average Bonchev–Trinajstić information content (AvgIpc) is 2.94. The van der Waals surface area contributed by atoms with E-state index >= 15 is 0 Å². The number of nitrogens with zero attached hydrogens (tertiary/aromatic N) is 3. The Labute approximate surface area is 143 Å². The number of amides is 1. The zero-order chi connectivity index (χ0) is 17.3. The number of carbonyl (C=O) groups excluding carboxylic acids is 1. The summed E-state index contributed by atoms with van der Waals surface area (Å²) in [5.74, 6) is 0.761. The summed E-state index contributed by atoms with van der Waals surface area (Å²) < 4.78 is 23.3. The molecule has 1 aromatic heterocycles. The van der Waals surface area contributed by atoms with Crippen molar-refractivity contribution in [2.75, 3.05) is 36.5 Å². The van der Waals surface area contributed by atoms with Crippen LogP contribution in [-0.4, -0.2) is 61.9 Å². The standard InChI is InChI=1S/C17H25N3O3S/c1-13-4-8-20(9-5-13)14-3-7-18-16(11-14)17(21)19(2)15-6-10-24(22,23)12-15/h3,7,11,13,15H,4-6,8-10,12H2,1-2H3. The number of sulfone groups is 1. The minimum Gasteiger partial charge on any atom is -0.371 e. The smallest absolute Gasteiger partial charge is 0.272 e. The third kappa shape index (κ3) is 3.71. The van der Waals surface area contributed by atoms with Crippen LogP contribution in [0, 0.1) is 5.92 Å². The maximum Gasteiger partial charge on any atom is 0.272 e. The van der Waals surface area contributed by atoms with Gasteiger partial charge in [0, 0.05) is 38.1 Å². The lowest BCUT2D eigenvalue weighted by atomic mass is 9.99. The summed E-state index contributed by atoms with van der Waals surface area (Å²) in [6.07, 6.45) is 4.49. The van der Waals surface area contributed by atoms with Crippen molar-refractivity contribution in [1.29, 1.82) is 0 Å². The molecule has 1 amide bonds. The maximum absolute atomic E-state index is 12.7. The van der Waals surface area contributed by atoms with Gasteiger partial charge in [0.1, 0.15) is 5.69 Å². The highest BCUT2D eigenvalue weighted by atomic mass is 32.2. The molecule has 1 aromatic rings. The Kier molecular flexibility index (Phi) is 4.80. The molecule has 2 aliphatic heterocycles. The summed E-state index contributed by atoms with van der Waals surface area (Å²) in [6, 6.07) is 3.52. The Bertz CT molecular complexity index is 712. The number of hydrogen-bond acceptors (Lipinski definition) is 5. The third-order valence-corrected chi connectivity index (χ3v) is 6.94. The molecule has 2 saturated heterocycles. The fourth-order valence-corrected chi connectivity index (χ4v) is 5.20. The summed E-state index contributed by atoms with van der Waals surface area (Å²) in [5, 5.41) is 0. The van der Waals surface area contributed by atoms with Crippen molar-refractivity contribution in [3.63, 3.8) is 0 Å². The molecule has 3 heterocycles. The number of aromatic nitrogens is 1. The van der Waals surface area contributed by atoms with Gasteiger partial charge in [0.2, 0.25) is 0 Å². The van der Waals surface area contributed by atoms with Crippen molar-refractivity contribution in [2.24, 2.45) is 5.92 Å². The molecule has 0 aromatic carbocycles. The number of piperidine rings is 1. The second-order valence-electron chi connectivity index (χ2n) is 7.04. The van der Waals surface area contributed by atoms with Gasteiger partial charge in [-0.3, -0.25) is 9.78 Å². The van der Waals surface area contributed by atoms with Gasteiger partial charge in [-0.2, -0.15) is 0 Å². The minimum atomic E-state index is -3.01. The van der Waals surface area contributed by atoms with Crippen molar-refractivity contribution >= 4 is 21.4 Å². The van der Waals surface area contributed by atoms with Crippen LogP contribution >= 0.6 is 0 Å². The van der Waals surface area contributed by atoms with E-state index in [9.17, 15) is 13.2 Å². The molecule has 1 atom stereocenters. The second kappa shape index (κ2) is 6.70. The summed E-state index contributed by atoms with van der Waals surface area (Å²) in [5.41, 5.74) is 1.41. The Balaban J connectivity index is 1.72. The SMILES string of the molecule is CC1CCN(c2ccnc(C(=O)N(C)C3CCS(=O)(=O)C3)c2)CC1. The number of rotatable bonds is 3. The van der Waals surface area contributed by atoms with Crippen LogP contribution in [0.2, 0.25) is 0 Å². The van der Waals surface area contributed by atoms with E-state index in [0.717, 1.165) is 37.5 Å². The Morgan fingerprint density at radius 3 is 2.62 bits per heavy atom. The summed E-state index contributed by atoms with van der Waals surface area (Å²) in [6.45, 7) is 4.26. The topological polar surface area (TPSA) is 70.6 Å². The minimum absolute atomic E-state index is 0.0545. The van der Waals surface area contributed by atoms with Crippen molar-refractivity contribution < 1.29 is 13.2 Å². The molecule has 0 spiro atoms. The van der Waals surface area contributed by atoms with Crippen LogP contribution in [-0.2, 0) is 9.84 Å². The molecule has 1 unspecified atom stereocenters. The number of hydrogen-bond donors (Lipinski definition) is 0. The van der Waals surface area contributed by atoms with Crippen LogP contribution in [0.25, 0.3) is 0 Å². The van der Waals surface area contributed by atoms with Crippen LogP contribution in [0.3, 0.4) is 0 Å². The van der Waals surface area contributed by atoms with Gasteiger partial charge >= 0.3 is 0 Å². The van der Waals surface area contributed by atoms with Crippen LogP contribution in [0.1, 0.15) is 36.7 Å². The third-order valence-electron chi connectivity index (χ3n) is 5.19. The normalized spacial score (nSPS) is 24.1. The summed E-state index contributed by atoms with van der Waals surface area (Å²) >= 11 is 0. The Morgan fingerprint density at radius 2 is 2.00 bits per heavy atom. The number of carbonyl (C=O) groups is 1. The largest absolute Gasteiger partial charge is 0.371 e. The molecule has 6 nitrogen and oxygen atoms in total. The summed E-state index contributed by atoms with van der Waals surface area (Å²) in [4.78, 5) is 20.7. The average molecular weight is 351 g/mol. The molecule has 3 rings (SSSR count). The molecule has 0 aliphatic carbocycles. The van der Waals surface area contributed by atoms with Gasteiger partial charge in [-0.15, -0.1) is 0 Å². The van der Waals surface area contributed by atoms with E-state index in [0.29, 0.717) is 12.1 Å². The van der Waals surface area contributed by atoms with E-state index in [1.807, 2.05) is 12.1 Å². The lowest BCUT2D eigenvalue weighted by Gasteiger charge is -2.32. The van der Waals surface area contributed by atoms with Crippen LogP contribution in [0.4, 0.5) is 5.69 Å². The van der Waals surface area contributed by atoms with E-state index in [-0.39, 0.29) is 23.5 Å². The van der Waals surface area contributed by atoms with Gasteiger partial charge in [-0.25, -0.2) is 8.42 Å². The molecule has 132 valence electrons. The van der Waals surface area contributed by atoms with Crippen molar-refractivity contribution in [2.45, 2.75) is 32.2 Å². The van der Waals surface area contributed by atoms with E-state index in [1.165, 1.54) is 4.90 Å².